The van der Waals surface area contributed by atoms with Gasteiger partial charge in [0.05, 0.1) is 4.92 Å². The van der Waals surface area contributed by atoms with E-state index >= 15 is 0 Å². The Bertz CT molecular complexity index is 1340. The van der Waals surface area contributed by atoms with Crippen LogP contribution in [0.15, 0.2) is 54.7 Å². The Labute approximate surface area is 225 Å². The number of carbonyl (C=O) groups is 2. The molecule has 0 aliphatic heterocycles. The number of rotatable bonds is 8. The minimum Gasteiger partial charge on any atom is -0.446 e. The van der Waals surface area contributed by atoms with E-state index in [0.717, 1.165) is 54.0 Å². The Balaban J connectivity index is 1.11. The van der Waals surface area contributed by atoms with Crippen molar-refractivity contribution in [2.24, 2.45) is 23.7 Å². The van der Waals surface area contributed by atoms with Crippen molar-refractivity contribution in [2.45, 2.75) is 57.4 Å². The zero-order chi connectivity index (χ0) is 26.9. The summed E-state index contributed by atoms with van der Waals surface area (Å²) in [4.78, 5) is 39.4. The number of non-ortho nitro benzene ring substituents is 1. The molecule has 1 aromatic heterocycles. The molecule has 1 heterocycles. The van der Waals surface area contributed by atoms with Gasteiger partial charge in [0.2, 0.25) is 0 Å². The zero-order valence-corrected chi connectivity index (χ0v) is 21.5. The van der Waals surface area contributed by atoms with Gasteiger partial charge in [-0.05, 0) is 85.1 Å². The van der Waals surface area contributed by atoms with Gasteiger partial charge >= 0.3 is 12.2 Å². The van der Waals surface area contributed by atoms with E-state index in [-0.39, 0.29) is 18.4 Å². The molecular formula is C29H32N4O6. The summed E-state index contributed by atoms with van der Waals surface area (Å²) in [5, 5.41) is 17.5. The average Bonchev–Trinajstić information content (AvgIpc) is 3.32. The van der Waals surface area contributed by atoms with Crippen LogP contribution in [0.4, 0.5) is 15.3 Å². The van der Waals surface area contributed by atoms with E-state index < -0.39 is 23.3 Å². The summed E-state index contributed by atoms with van der Waals surface area (Å²) in [5.74, 6) is 2.41. The molecule has 3 aromatic rings. The van der Waals surface area contributed by atoms with Crippen LogP contribution in [0.2, 0.25) is 0 Å². The Kier molecular flexibility index (Phi) is 6.85. The second kappa shape index (κ2) is 10.6. The molecule has 1 unspecified atom stereocenters. The lowest BCUT2D eigenvalue weighted by molar-refractivity contribution is -0.384. The Morgan fingerprint density at radius 3 is 2.31 bits per heavy atom. The van der Waals surface area contributed by atoms with Crippen LogP contribution < -0.4 is 10.6 Å². The highest BCUT2D eigenvalue weighted by Crippen LogP contribution is 2.54. The van der Waals surface area contributed by atoms with E-state index in [1.54, 1.807) is 0 Å². The van der Waals surface area contributed by atoms with Gasteiger partial charge in [-0.2, -0.15) is 0 Å². The number of ether oxygens (including phenoxy) is 2. The molecule has 7 rings (SSSR count). The summed E-state index contributed by atoms with van der Waals surface area (Å²) < 4.78 is 11.4. The maximum absolute atomic E-state index is 13.1. The first-order valence-electron chi connectivity index (χ1n) is 13.6. The van der Waals surface area contributed by atoms with Crippen LogP contribution in [0.1, 0.15) is 43.2 Å². The minimum atomic E-state index is -0.766. The quantitative estimate of drug-likeness (QED) is 0.201. The van der Waals surface area contributed by atoms with Crippen molar-refractivity contribution in [3.8, 4) is 0 Å². The summed E-state index contributed by atoms with van der Waals surface area (Å²) in [5.41, 5.74) is 2.46. The maximum atomic E-state index is 13.1. The first kappa shape index (κ1) is 25.2. The number of aromatic amines is 1. The fourth-order valence-electron chi connectivity index (χ4n) is 7.07. The molecule has 0 spiro atoms. The van der Waals surface area contributed by atoms with Crippen molar-refractivity contribution in [3.63, 3.8) is 0 Å². The smallest absolute Gasteiger partial charge is 0.409 e. The van der Waals surface area contributed by atoms with Gasteiger partial charge in [0, 0.05) is 35.7 Å². The van der Waals surface area contributed by atoms with Crippen molar-refractivity contribution in [1.82, 2.24) is 15.6 Å². The lowest BCUT2D eigenvalue weighted by atomic mass is 9.55. The number of nitro benzene ring substituents is 1. The molecule has 0 saturated heterocycles. The number of hydrogen-bond donors (Lipinski definition) is 3. The van der Waals surface area contributed by atoms with Crippen molar-refractivity contribution in [2.75, 3.05) is 0 Å². The Hall–Kier alpha value is -4.08. The van der Waals surface area contributed by atoms with E-state index in [0.29, 0.717) is 23.8 Å². The normalized spacial score (nSPS) is 25.7. The van der Waals surface area contributed by atoms with Crippen LogP contribution in [0.25, 0.3) is 10.9 Å². The van der Waals surface area contributed by atoms with Gasteiger partial charge in [-0.1, -0.05) is 18.2 Å². The number of H-pyrrole nitrogens is 1. The molecule has 4 aliphatic carbocycles. The lowest BCUT2D eigenvalue weighted by Gasteiger charge is -2.53. The minimum absolute atomic E-state index is 0.0381. The van der Waals surface area contributed by atoms with Gasteiger partial charge in [0.1, 0.15) is 18.9 Å². The van der Waals surface area contributed by atoms with Crippen molar-refractivity contribution in [1.29, 1.82) is 0 Å². The number of alkyl carbamates (subject to hydrolysis) is 2. The second-order valence-electron chi connectivity index (χ2n) is 11.2. The van der Waals surface area contributed by atoms with Gasteiger partial charge in [0.25, 0.3) is 5.69 Å². The van der Waals surface area contributed by atoms with E-state index in [9.17, 15) is 19.7 Å². The van der Waals surface area contributed by atoms with Crippen LogP contribution in [0.3, 0.4) is 0 Å². The number of nitro groups is 1. The van der Waals surface area contributed by atoms with E-state index in [1.165, 1.54) is 30.7 Å². The molecule has 10 heteroatoms. The molecule has 1 atom stereocenters. The first-order valence-corrected chi connectivity index (χ1v) is 13.6. The highest BCUT2D eigenvalue weighted by atomic mass is 16.6. The van der Waals surface area contributed by atoms with Crippen LogP contribution in [-0.2, 0) is 22.5 Å². The molecule has 39 heavy (non-hydrogen) atoms. The molecular weight excluding hydrogens is 500 g/mol. The number of nitrogens with one attached hydrogen (secondary N) is 3. The zero-order valence-electron chi connectivity index (χ0n) is 21.5. The second-order valence-corrected chi connectivity index (χ2v) is 11.2. The number of fused-ring (bicyclic) bond motifs is 1. The first-order chi connectivity index (χ1) is 18.9. The monoisotopic (exact) mass is 532 g/mol. The molecule has 4 fully saturated rings. The summed E-state index contributed by atoms with van der Waals surface area (Å²) in [6.07, 6.45) is 5.98. The third-order valence-corrected chi connectivity index (χ3v) is 8.58. The largest absolute Gasteiger partial charge is 0.446 e. The predicted molar refractivity (Wildman–Crippen MR) is 143 cm³/mol. The van der Waals surface area contributed by atoms with Crippen molar-refractivity contribution in [3.05, 3.63) is 76.0 Å². The Morgan fingerprint density at radius 1 is 0.949 bits per heavy atom. The highest BCUT2D eigenvalue weighted by Gasteiger charge is 2.50. The lowest BCUT2D eigenvalue weighted by Crippen LogP contribution is -2.54. The van der Waals surface area contributed by atoms with E-state index in [4.69, 9.17) is 9.47 Å². The number of hydrogen-bond acceptors (Lipinski definition) is 6. The van der Waals surface area contributed by atoms with Crippen molar-refractivity contribution >= 4 is 28.8 Å². The average molecular weight is 533 g/mol. The Morgan fingerprint density at radius 2 is 1.62 bits per heavy atom. The third kappa shape index (κ3) is 5.55. The summed E-state index contributed by atoms with van der Waals surface area (Å²) in [6, 6.07) is 13.6. The van der Waals surface area contributed by atoms with Crippen LogP contribution in [0.5, 0.6) is 0 Å². The number of aromatic nitrogens is 1. The third-order valence-electron chi connectivity index (χ3n) is 8.58. The van der Waals surface area contributed by atoms with Gasteiger partial charge in [0.15, 0.2) is 0 Å². The predicted octanol–water partition coefficient (Wildman–Crippen LogP) is 5.42. The van der Waals surface area contributed by atoms with Gasteiger partial charge in [-0.25, -0.2) is 9.59 Å². The highest BCUT2D eigenvalue weighted by molar-refractivity contribution is 5.83. The molecule has 4 aliphatic rings. The van der Waals surface area contributed by atoms with Gasteiger partial charge < -0.3 is 25.1 Å². The van der Waals surface area contributed by atoms with Gasteiger partial charge in [-0.15, -0.1) is 0 Å². The molecule has 2 aromatic carbocycles. The number of nitrogens with zero attached hydrogens (tertiary/aromatic N) is 1. The van der Waals surface area contributed by atoms with Crippen LogP contribution in [0, 0.1) is 33.8 Å². The van der Waals surface area contributed by atoms with Crippen LogP contribution in [-0.4, -0.2) is 34.4 Å². The molecule has 3 N–H and O–H groups in total. The number of benzene rings is 2. The number of amides is 2. The fourth-order valence-corrected chi connectivity index (χ4v) is 7.07. The van der Waals surface area contributed by atoms with Crippen LogP contribution >= 0.6 is 0 Å². The van der Waals surface area contributed by atoms with E-state index in [1.807, 2.05) is 30.5 Å². The van der Waals surface area contributed by atoms with E-state index in [2.05, 4.69) is 15.6 Å². The molecule has 4 saturated carbocycles. The summed E-state index contributed by atoms with van der Waals surface area (Å²) >= 11 is 0. The molecule has 10 nitrogen and oxygen atoms in total. The molecule has 4 bridgehead atoms. The SMILES string of the molecule is O=C(NC(Cc1c[nH]c2ccccc12)NC(=O)OC1C2CC3CC(C2)CC1C3)OCc1ccc([N+](=O)[O-])cc1. The topological polar surface area (TPSA) is 136 Å². The fraction of sp³-hybridized carbons (Fsp3) is 0.448. The van der Waals surface area contributed by atoms with Crippen molar-refractivity contribution < 1.29 is 24.0 Å². The molecule has 204 valence electrons. The molecule has 2 amide bonds. The van der Waals surface area contributed by atoms with Gasteiger partial charge in [-0.3, -0.25) is 10.1 Å². The maximum Gasteiger partial charge on any atom is 0.409 e. The molecule has 0 radical (unpaired) electrons. The number of para-hydroxylation sites is 1. The summed E-state index contributed by atoms with van der Waals surface area (Å²) in [7, 11) is 0. The number of carbonyl (C=O) groups excluding carboxylic acids is 2. The summed E-state index contributed by atoms with van der Waals surface area (Å²) in [6.45, 7) is -0.0676. The standard InChI is InChI=1S/C29H32N4O6/c34-28(38-16-17-5-7-23(8-6-17)33(36)37)31-26(14-22-15-30-25-4-2-1-3-24(22)25)32-29(35)39-27-20-10-18-9-19(12-20)13-21(27)11-18/h1-8,15,18-21,26-27,30H,9-14,16H2,(H,31,34)(H,32,35).